The van der Waals surface area contributed by atoms with Crippen LogP contribution in [0.15, 0.2) is 30.5 Å². The van der Waals surface area contributed by atoms with Gasteiger partial charge in [-0.15, -0.1) is 11.6 Å². The third-order valence-electron chi connectivity index (χ3n) is 3.46. The second kappa shape index (κ2) is 4.82. The lowest BCUT2D eigenvalue weighted by Crippen LogP contribution is -2.16. The quantitative estimate of drug-likeness (QED) is 0.772. The van der Waals surface area contributed by atoms with Crippen molar-refractivity contribution in [1.29, 1.82) is 0 Å². The normalized spacial score (nSPS) is 13.7. The molecule has 98 valence electrons. The van der Waals surface area contributed by atoms with E-state index < -0.39 is 0 Å². The molecule has 0 atom stereocenters. The zero-order chi connectivity index (χ0) is 13.4. The van der Waals surface area contributed by atoms with Gasteiger partial charge in [-0.3, -0.25) is 0 Å². The number of rotatable bonds is 2. The molecule has 0 unspecified atom stereocenters. The highest BCUT2D eigenvalue weighted by Crippen LogP contribution is 2.35. The molecule has 0 spiro atoms. The van der Waals surface area contributed by atoms with Crippen molar-refractivity contribution in [3.63, 3.8) is 0 Å². The third-order valence-corrected chi connectivity index (χ3v) is 3.77. The minimum atomic E-state index is -0.208. The fraction of sp³-hybridized carbons (Fsp3) is 0.267. The Balaban J connectivity index is 2.04. The van der Waals surface area contributed by atoms with E-state index in [1.807, 2.05) is 19.1 Å². The fourth-order valence-electron chi connectivity index (χ4n) is 2.55. The Hall–Kier alpha value is -1.61. The number of nitrogens with zero attached hydrogens (tertiary/aromatic N) is 2. The van der Waals surface area contributed by atoms with Crippen LogP contribution in [-0.4, -0.2) is 11.5 Å². The maximum Gasteiger partial charge on any atom is 0.135 e. The summed E-state index contributed by atoms with van der Waals surface area (Å²) < 4.78 is 13.4. The first kappa shape index (κ1) is 12.4. The minimum Gasteiger partial charge on any atom is -0.325 e. The van der Waals surface area contributed by atoms with Crippen LogP contribution in [0.2, 0.25) is 0 Å². The van der Waals surface area contributed by atoms with Crippen LogP contribution in [0.5, 0.6) is 0 Å². The summed E-state index contributed by atoms with van der Waals surface area (Å²) in [7, 11) is 0. The van der Waals surface area contributed by atoms with E-state index in [-0.39, 0.29) is 5.82 Å². The zero-order valence-electron chi connectivity index (χ0n) is 10.7. The average molecular weight is 277 g/mol. The first-order valence-electron chi connectivity index (χ1n) is 6.26. The highest BCUT2D eigenvalue weighted by atomic mass is 35.5. The maximum atomic E-state index is 13.4. The summed E-state index contributed by atoms with van der Waals surface area (Å²) in [6.45, 7) is 2.85. The van der Waals surface area contributed by atoms with Gasteiger partial charge in [-0.1, -0.05) is 6.07 Å². The van der Waals surface area contributed by atoms with Crippen molar-refractivity contribution in [2.45, 2.75) is 19.2 Å². The van der Waals surface area contributed by atoms with Crippen molar-refractivity contribution in [3.05, 3.63) is 53.0 Å². The zero-order valence-corrected chi connectivity index (χ0v) is 11.4. The molecule has 19 heavy (non-hydrogen) atoms. The molecule has 0 amide bonds. The number of halogens is 2. The van der Waals surface area contributed by atoms with E-state index in [2.05, 4.69) is 9.88 Å². The summed E-state index contributed by atoms with van der Waals surface area (Å²) in [5, 5.41) is 0. The smallest absolute Gasteiger partial charge is 0.135 e. The molecule has 0 saturated heterocycles. The lowest BCUT2D eigenvalue weighted by Gasteiger charge is -2.20. The third kappa shape index (κ3) is 2.19. The van der Waals surface area contributed by atoms with Crippen LogP contribution in [0.1, 0.15) is 16.7 Å². The Kier molecular flexibility index (Phi) is 3.15. The molecule has 1 aliphatic rings. The summed E-state index contributed by atoms with van der Waals surface area (Å²) >= 11 is 5.81. The van der Waals surface area contributed by atoms with Gasteiger partial charge in [0.25, 0.3) is 0 Å². The van der Waals surface area contributed by atoms with E-state index in [9.17, 15) is 4.39 Å². The number of hydrogen-bond acceptors (Lipinski definition) is 2. The lowest BCUT2D eigenvalue weighted by atomic mass is 10.1. The van der Waals surface area contributed by atoms with Crippen LogP contribution in [0, 0.1) is 12.7 Å². The van der Waals surface area contributed by atoms with Crippen molar-refractivity contribution in [1.82, 2.24) is 4.98 Å². The van der Waals surface area contributed by atoms with E-state index in [1.165, 1.54) is 11.6 Å². The molecule has 1 aromatic carbocycles. The molecule has 0 N–H and O–H groups in total. The number of aryl methyl sites for hydroxylation is 1. The molecule has 2 aromatic rings. The number of alkyl halides is 1. The summed E-state index contributed by atoms with van der Waals surface area (Å²) in [5.41, 5.74) is 4.16. The summed E-state index contributed by atoms with van der Waals surface area (Å²) in [5.74, 6) is 1.14. The molecule has 3 rings (SSSR count). The number of aromatic nitrogens is 1. The van der Waals surface area contributed by atoms with Gasteiger partial charge in [0.2, 0.25) is 0 Å². The van der Waals surface area contributed by atoms with E-state index in [0.29, 0.717) is 5.88 Å². The Morgan fingerprint density at radius 3 is 2.95 bits per heavy atom. The standard InChI is InChI=1S/C15H14ClFN2/c1-10-6-11(8-16)9-18-15(10)19-5-4-12-2-3-13(17)7-14(12)19/h2-3,6-7,9H,4-5,8H2,1H3. The van der Waals surface area contributed by atoms with E-state index >= 15 is 0 Å². The van der Waals surface area contributed by atoms with Gasteiger partial charge in [-0.25, -0.2) is 9.37 Å². The van der Waals surface area contributed by atoms with Gasteiger partial charge in [-0.2, -0.15) is 0 Å². The van der Waals surface area contributed by atoms with E-state index in [1.54, 1.807) is 12.3 Å². The molecule has 0 bridgehead atoms. The number of hydrogen-bond donors (Lipinski definition) is 0. The highest BCUT2D eigenvalue weighted by molar-refractivity contribution is 6.17. The van der Waals surface area contributed by atoms with Crippen LogP contribution in [-0.2, 0) is 12.3 Å². The van der Waals surface area contributed by atoms with Gasteiger partial charge in [0.05, 0.1) is 0 Å². The summed E-state index contributed by atoms with van der Waals surface area (Å²) in [4.78, 5) is 6.55. The molecule has 0 aliphatic carbocycles. The molecule has 2 heterocycles. The number of benzene rings is 1. The minimum absolute atomic E-state index is 0.208. The fourth-order valence-corrected chi connectivity index (χ4v) is 2.70. The molecule has 0 fully saturated rings. The number of pyridine rings is 1. The summed E-state index contributed by atoms with van der Waals surface area (Å²) in [6.07, 6.45) is 2.71. The van der Waals surface area contributed by atoms with Crippen LogP contribution in [0.4, 0.5) is 15.9 Å². The molecule has 2 nitrogen and oxygen atoms in total. The number of anilines is 2. The van der Waals surface area contributed by atoms with Crippen molar-refractivity contribution in [3.8, 4) is 0 Å². The van der Waals surface area contributed by atoms with Gasteiger partial charge >= 0.3 is 0 Å². The van der Waals surface area contributed by atoms with Crippen molar-refractivity contribution >= 4 is 23.1 Å². The number of fused-ring (bicyclic) bond motifs is 1. The van der Waals surface area contributed by atoms with Crippen molar-refractivity contribution in [2.75, 3.05) is 11.4 Å². The molecular weight excluding hydrogens is 263 g/mol. The molecular formula is C15H14ClFN2. The molecule has 4 heteroatoms. The van der Waals surface area contributed by atoms with Crippen molar-refractivity contribution in [2.24, 2.45) is 0 Å². The lowest BCUT2D eigenvalue weighted by molar-refractivity contribution is 0.628. The Labute approximate surface area is 116 Å². The Morgan fingerprint density at radius 1 is 1.37 bits per heavy atom. The largest absolute Gasteiger partial charge is 0.325 e. The second-order valence-electron chi connectivity index (χ2n) is 4.79. The maximum absolute atomic E-state index is 13.4. The SMILES string of the molecule is Cc1cc(CCl)cnc1N1CCc2ccc(F)cc21. The topological polar surface area (TPSA) is 16.1 Å². The summed E-state index contributed by atoms with van der Waals surface area (Å²) in [6, 6.07) is 6.98. The predicted molar refractivity (Wildman–Crippen MR) is 75.6 cm³/mol. The van der Waals surface area contributed by atoms with Gasteiger partial charge in [0.1, 0.15) is 11.6 Å². The first-order chi connectivity index (χ1) is 9.19. The van der Waals surface area contributed by atoms with Gasteiger partial charge in [0, 0.05) is 24.3 Å². The molecule has 1 aromatic heterocycles. The van der Waals surface area contributed by atoms with Crippen molar-refractivity contribution < 1.29 is 4.39 Å². The Morgan fingerprint density at radius 2 is 2.21 bits per heavy atom. The van der Waals surface area contributed by atoms with E-state index in [4.69, 9.17) is 11.6 Å². The first-order valence-corrected chi connectivity index (χ1v) is 6.80. The molecule has 0 radical (unpaired) electrons. The van der Waals surface area contributed by atoms with Crippen LogP contribution >= 0.6 is 11.6 Å². The van der Waals surface area contributed by atoms with E-state index in [0.717, 1.165) is 35.6 Å². The molecule has 1 aliphatic heterocycles. The Bertz CT molecular complexity index is 628. The highest BCUT2D eigenvalue weighted by Gasteiger charge is 2.23. The molecule has 0 saturated carbocycles. The van der Waals surface area contributed by atoms with Gasteiger partial charge < -0.3 is 4.90 Å². The van der Waals surface area contributed by atoms with Gasteiger partial charge in [0.15, 0.2) is 0 Å². The monoisotopic (exact) mass is 276 g/mol. The van der Waals surface area contributed by atoms with Crippen LogP contribution < -0.4 is 4.90 Å². The van der Waals surface area contributed by atoms with Gasteiger partial charge in [-0.05, 0) is 48.2 Å². The second-order valence-corrected chi connectivity index (χ2v) is 5.06. The average Bonchev–Trinajstić information content (AvgIpc) is 2.81. The predicted octanol–water partition coefficient (Wildman–Crippen LogP) is 3.96. The van der Waals surface area contributed by atoms with Crippen LogP contribution in [0.3, 0.4) is 0 Å². The van der Waals surface area contributed by atoms with Crippen LogP contribution in [0.25, 0.3) is 0 Å².